The van der Waals surface area contributed by atoms with E-state index in [2.05, 4.69) is 35.7 Å². The molecule has 0 aliphatic carbocycles. The lowest BCUT2D eigenvalue weighted by atomic mass is 9.96. The molecule has 2 rings (SSSR count). The van der Waals surface area contributed by atoms with Crippen molar-refractivity contribution in [3.8, 4) is 0 Å². The number of methoxy groups -OCH3 is 1. The number of aromatic nitrogens is 1. The Morgan fingerprint density at radius 1 is 1.33 bits per heavy atom. The van der Waals surface area contributed by atoms with Crippen LogP contribution in [-0.2, 0) is 11.3 Å². The van der Waals surface area contributed by atoms with Gasteiger partial charge in [-0.2, -0.15) is 0 Å². The highest BCUT2D eigenvalue weighted by Gasteiger charge is 2.20. The maximum absolute atomic E-state index is 5.16. The molecule has 1 aliphatic heterocycles. The molecule has 0 radical (unpaired) electrons. The van der Waals surface area contributed by atoms with Crippen molar-refractivity contribution < 1.29 is 4.74 Å². The zero-order chi connectivity index (χ0) is 15.2. The molecule has 5 heteroatoms. The van der Waals surface area contributed by atoms with Gasteiger partial charge >= 0.3 is 0 Å². The number of ether oxygens (including phenoxy) is 1. The van der Waals surface area contributed by atoms with E-state index in [4.69, 9.17) is 4.74 Å². The molecule has 21 heavy (non-hydrogen) atoms. The van der Waals surface area contributed by atoms with Crippen LogP contribution in [-0.4, -0.2) is 61.7 Å². The van der Waals surface area contributed by atoms with Gasteiger partial charge in [-0.1, -0.05) is 0 Å². The van der Waals surface area contributed by atoms with Gasteiger partial charge in [-0.05, 0) is 52.7 Å². The summed E-state index contributed by atoms with van der Waals surface area (Å²) in [6, 6.07) is 0. The smallest absolute Gasteiger partial charge is 0.107 e. The highest BCUT2D eigenvalue weighted by molar-refractivity contribution is 7.11. The second-order valence-corrected chi connectivity index (χ2v) is 7.51. The van der Waals surface area contributed by atoms with Crippen molar-refractivity contribution in [3.05, 3.63) is 15.6 Å². The van der Waals surface area contributed by atoms with Crippen molar-refractivity contribution in [2.24, 2.45) is 5.92 Å². The van der Waals surface area contributed by atoms with Crippen molar-refractivity contribution >= 4 is 11.3 Å². The van der Waals surface area contributed by atoms with E-state index < -0.39 is 0 Å². The molecule has 0 amide bonds. The molecule has 0 saturated carbocycles. The zero-order valence-corrected chi connectivity index (χ0v) is 14.7. The summed E-state index contributed by atoms with van der Waals surface area (Å²) >= 11 is 1.84. The number of nitrogens with zero attached hydrogens (tertiary/aromatic N) is 3. The zero-order valence-electron chi connectivity index (χ0n) is 13.9. The van der Waals surface area contributed by atoms with Gasteiger partial charge in [0.25, 0.3) is 0 Å². The van der Waals surface area contributed by atoms with Gasteiger partial charge in [0.15, 0.2) is 0 Å². The third kappa shape index (κ3) is 5.33. The first-order chi connectivity index (χ1) is 10.1. The van der Waals surface area contributed by atoms with Crippen LogP contribution >= 0.6 is 11.3 Å². The van der Waals surface area contributed by atoms with E-state index in [1.165, 1.54) is 48.1 Å². The van der Waals surface area contributed by atoms with Crippen LogP contribution in [0, 0.1) is 19.8 Å². The van der Waals surface area contributed by atoms with E-state index in [-0.39, 0.29) is 0 Å². The van der Waals surface area contributed by atoms with Crippen molar-refractivity contribution in [1.82, 2.24) is 14.8 Å². The minimum Gasteiger partial charge on any atom is -0.383 e. The van der Waals surface area contributed by atoms with Gasteiger partial charge in [-0.15, -0.1) is 11.3 Å². The van der Waals surface area contributed by atoms with E-state index in [0.717, 1.165) is 25.6 Å². The molecular formula is C16H29N3OS. The Morgan fingerprint density at radius 3 is 2.62 bits per heavy atom. The van der Waals surface area contributed by atoms with E-state index in [1.807, 2.05) is 11.3 Å². The molecule has 1 aromatic heterocycles. The van der Waals surface area contributed by atoms with E-state index >= 15 is 0 Å². The normalized spacial score (nSPS) is 17.8. The lowest BCUT2D eigenvalue weighted by molar-refractivity contribution is 0.110. The number of hydrogen-bond acceptors (Lipinski definition) is 5. The summed E-state index contributed by atoms with van der Waals surface area (Å²) in [7, 11) is 4.01. The number of thiazole rings is 1. The Kier molecular flexibility index (Phi) is 6.61. The molecule has 2 heterocycles. The van der Waals surface area contributed by atoms with Crippen LogP contribution in [0.3, 0.4) is 0 Å². The van der Waals surface area contributed by atoms with Gasteiger partial charge in [-0.3, -0.25) is 4.90 Å². The number of likely N-dealkylation sites (tertiary alicyclic amines) is 1. The topological polar surface area (TPSA) is 28.6 Å². The standard InChI is InChI=1S/C16H29N3OS/c1-13-14(2)21-16(17-13)12-18(3)11-15-5-7-19(8-6-15)9-10-20-4/h15H,5-12H2,1-4H3. The van der Waals surface area contributed by atoms with Crippen molar-refractivity contribution in [1.29, 1.82) is 0 Å². The van der Waals surface area contributed by atoms with Crippen LogP contribution in [0.15, 0.2) is 0 Å². The van der Waals surface area contributed by atoms with Crippen LogP contribution < -0.4 is 0 Å². The molecule has 0 N–H and O–H groups in total. The molecule has 1 aromatic rings. The summed E-state index contributed by atoms with van der Waals surface area (Å²) in [5.74, 6) is 0.830. The predicted molar refractivity (Wildman–Crippen MR) is 89.0 cm³/mol. The molecule has 1 fully saturated rings. The fourth-order valence-electron chi connectivity index (χ4n) is 2.96. The first-order valence-corrected chi connectivity index (χ1v) is 8.73. The second-order valence-electron chi connectivity index (χ2n) is 6.22. The van der Waals surface area contributed by atoms with Crippen molar-refractivity contribution in [2.45, 2.75) is 33.2 Å². The van der Waals surface area contributed by atoms with Crippen molar-refractivity contribution in [3.63, 3.8) is 0 Å². The Morgan fingerprint density at radius 2 is 2.05 bits per heavy atom. The van der Waals surface area contributed by atoms with Crippen LogP contribution in [0.25, 0.3) is 0 Å². The van der Waals surface area contributed by atoms with E-state index in [9.17, 15) is 0 Å². The van der Waals surface area contributed by atoms with E-state index in [0.29, 0.717) is 0 Å². The van der Waals surface area contributed by atoms with Crippen LogP contribution in [0.5, 0.6) is 0 Å². The molecule has 0 bridgehead atoms. The molecule has 0 aromatic carbocycles. The molecule has 1 aliphatic rings. The molecule has 0 unspecified atom stereocenters. The minimum absolute atomic E-state index is 0.830. The third-order valence-electron chi connectivity index (χ3n) is 4.37. The number of hydrogen-bond donors (Lipinski definition) is 0. The molecule has 4 nitrogen and oxygen atoms in total. The summed E-state index contributed by atoms with van der Waals surface area (Å²) in [5, 5.41) is 1.25. The minimum atomic E-state index is 0.830. The lowest BCUT2D eigenvalue weighted by Gasteiger charge is -2.33. The maximum atomic E-state index is 5.16. The SMILES string of the molecule is COCCN1CCC(CN(C)Cc2nc(C)c(C)s2)CC1. The first-order valence-electron chi connectivity index (χ1n) is 7.91. The average Bonchev–Trinajstić information content (AvgIpc) is 2.76. The van der Waals surface area contributed by atoms with Gasteiger partial charge in [-0.25, -0.2) is 4.98 Å². The van der Waals surface area contributed by atoms with Gasteiger partial charge < -0.3 is 9.64 Å². The lowest BCUT2D eigenvalue weighted by Crippen LogP contribution is -2.39. The summed E-state index contributed by atoms with van der Waals surface area (Å²) in [6.45, 7) is 10.8. The van der Waals surface area contributed by atoms with Crippen LogP contribution in [0.4, 0.5) is 0 Å². The first kappa shape index (κ1) is 16.9. The number of rotatable bonds is 7. The molecule has 0 spiro atoms. The van der Waals surface area contributed by atoms with Gasteiger partial charge in [0.2, 0.25) is 0 Å². The Bertz CT molecular complexity index is 408. The fourth-order valence-corrected chi connectivity index (χ4v) is 3.97. The van der Waals surface area contributed by atoms with Gasteiger partial charge in [0.1, 0.15) is 5.01 Å². The number of aryl methyl sites for hydroxylation is 2. The fraction of sp³-hybridized carbons (Fsp3) is 0.812. The predicted octanol–water partition coefficient (Wildman–Crippen LogP) is 2.55. The van der Waals surface area contributed by atoms with Gasteiger partial charge in [0.05, 0.1) is 18.8 Å². The third-order valence-corrected chi connectivity index (χ3v) is 5.42. The highest BCUT2D eigenvalue weighted by Crippen LogP contribution is 2.21. The monoisotopic (exact) mass is 311 g/mol. The molecule has 120 valence electrons. The van der Waals surface area contributed by atoms with Crippen LogP contribution in [0.1, 0.15) is 28.4 Å². The highest BCUT2D eigenvalue weighted by atomic mass is 32.1. The Hall–Kier alpha value is -0.490. The summed E-state index contributed by atoms with van der Waals surface area (Å²) < 4.78 is 5.16. The van der Waals surface area contributed by atoms with Gasteiger partial charge in [0, 0.05) is 25.1 Å². The summed E-state index contributed by atoms with van der Waals surface area (Å²) in [4.78, 5) is 11.0. The molecule has 0 atom stereocenters. The quantitative estimate of drug-likeness (QED) is 0.774. The average molecular weight is 311 g/mol. The summed E-state index contributed by atoms with van der Waals surface area (Å²) in [5.41, 5.74) is 1.19. The largest absolute Gasteiger partial charge is 0.383 e. The Labute approximate surface area is 133 Å². The Balaban J connectivity index is 1.70. The van der Waals surface area contributed by atoms with Crippen molar-refractivity contribution in [2.75, 3.05) is 46.9 Å². The maximum Gasteiger partial charge on any atom is 0.107 e. The molecule has 1 saturated heterocycles. The molecular weight excluding hydrogens is 282 g/mol. The van der Waals surface area contributed by atoms with E-state index in [1.54, 1.807) is 7.11 Å². The second kappa shape index (κ2) is 8.22. The number of piperidine rings is 1. The summed E-state index contributed by atoms with van der Waals surface area (Å²) in [6.07, 6.45) is 2.62. The van der Waals surface area contributed by atoms with Crippen LogP contribution in [0.2, 0.25) is 0 Å².